The first kappa shape index (κ1) is 23.4. The van der Waals surface area contributed by atoms with Crippen molar-refractivity contribution in [1.82, 2.24) is 0 Å². The molecule has 0 bridgehead atoms. The summed E-state index contributed by atoms with van der Waals surface area (Å²) in [4.78, 5) is 12.7. The number of phenolic OH excluding ortho intramolecular Hbond substituents is 1. The van der Waals surface area contributed by atoms with Gasteiger partial charge in [0, 0.05) is 12.0 Å². The highest BCUT2D eigenvalue weighted by Crippen LogP contribution is 2.34. The van der Waals surface area contributed by atoms with Gasteiger partial charge in [0.25, 0.3) is 0 Å². The Bertz CT molecular complexity index is 1110. The van der Waals surface area contributed by atoms with E-state index < -0.39 is 36.3 Å². The molecule has 0 unspecified atom stereocenters. The number of ketones is 1. The number of benzene rings is 3. The summed E-state index contributed by atoms with van der Waals surface area (Å²) < 4.78 is 48.2. The van der Waals surface area contributed by atoms with E-state index in [-0.39, 0.29) is 34.6 Å². The highest BCUT2D eigenvalue weighted by molar-refractivity contribution is 6.00. The Labute approximate surface area is 185 Å². The van der Waals surface area contributed by atoms with E-state index in [1.54, 1.807) is 19.1 Å². The molecule has 0 atom stereocenters. The van der Waals surface area contributed by atoms with Gasteiger partial charge in [-0.2, -0.15) is 0 Å². The van der Waals surface area contributed by atoms with Gasteiger partial charge < -0.3 is 9.84 Å². The number of Topliss-reactive ketones (excluding diaryl/α,β-unsaturated/α-hetero) is 1. The summed E-state index contributed by atoms with van der Waals surface area (Å²) in [5.74, 6) is -3.23. The zero-order valence-electron chi connectivity index (χ0n) is 18.1. The van der Waals surface area contributed by atoms with Crippen molar-refractivity contribution in [2.24, 2.45) is 0 Å². The number of rotatable bonds is 9. The maximum absolute atomic E-state index is 14.8. The fourth-order valence-electron chi connectivity index (χ4n) is 3.62. The van der Waals surface area contributed by atoms with Crippen molar-refractivity contribution in [2.45, 2.75) is 39.8 Å². The van der Waals surface area contributed by atoms with Crippen molar-refractivity contribution in [1.29, 1.82) is 0 Å². The number of carbonyl (C=O) groups excluding carboxylic acids is 1. The van der Waals surface area contributed by atoms with Gasteiger partial charge >= 0.3 is 0 Å². The van der Waals surface area contributed by atoms with E-state index in [4.69, 9.17) is 4.74 Å². The summed E-state index contributed by atoms with van der Waals surface area (Å²) >= 11 is 0. The number of carbonyl (C=O) groups is 1. The Balaban J connectivity index is 1.87. The Morgan fingerprint density at radius 1 is 0.969 bits per heavy atom. The van der Waals surface area contributed by atoms with E-state index in [0.717, 1.165) is 18.4 Å². The molecule has 0 aliphatic heterocycles. The third-order valence-electron chi connectivity index (χ3n) is 5.29. The van der Waals surface area contributed by atoms with Crippen molar-refractivity contribution in [2.75, 3.05) is 6.61 Å². The molecule has 0 aliphatic rings. The maximum atomic E-state index is 14.8. The molecule has 0 radical (unpaired) electrons. The van der Waals surface area contributed by atoms with Crippen molar-refractivity contribution >= 4 is 5.78 Å². The summed E-state index contributed by atoms with van der Waals surface area (Å²) in [5.41, 5.74) is 1.29. The van der Waals surface area contributed by atoms with Crippen LogP contribution in [0.4, 0.5) is 13.2 Å². The Morgan fingerprint density at radius 3 is 2.31 bits per heavy atom. The number of halogens is 3. The van der Waals surface area contributed by atoms with Gasteiger partial charge in [0.1, 0.15) is 18.2 Å². The van der Waals surface area contributed by atoms with Crippen LogP contribution >= 0.6 is 0 Å². The number of alkyl halides is 1. The SMILES string of the molecule is CCCc1ccc(-c2ccc(CC(=O)c3ccc(OCC)c(CF)c3O)c(F)c2F)cc1. The maximum Gasteiger partial charge on any atom is 0.171 e. The molecule has 3 aromatic rings. The molecule has 0 aromatic heterocycles. The van der Waals surface area contributed by atoms with Crippen LogP contribution in [0.3, 0.4) is 0 Å². The number of aryl methyl sites for hydroxylation is 1. The van der Waals surface area contributed by atoms with E-state index in [0.29, 0.717) is 5.56 Å². The van der Waals surface area contributed by atoms with Gasteiger partial charge in [-0.25, -0.2) is 13.2 Å². The van der Waals surface area contributed by atoms with Crippen LogP contribution in [0.5, 0.6) is 11.5 Å². The highest BCUT2D eigenvalue weighted by atomic mass is 19.2. The number of ether oxygens (including phenoxy) is 1. The Kier molecular flexibility index (Phi) is 7.57. The van der Waals surface area contributed by atoms with Crippen molar-refractivity contribution < 1.29 is 27.8 Å². The lowest BCUT2D eigenvalue weighted by atomic mass is 9.96. The predicted molar refractivity (Wildman–Crippen MR) is 118 cm³/mol. The lowest BCUT2D eigenvalue weighted by Crippen LogP contribution is -2.08. The van der Waals surface area contributed by atoms with Crippen LogP contribution in [0.1, 0.15) is 47.3 Å². The first-order chi connectivity index (χ1) is 15.4. The third-order valence-corrected chi connectivity index (χ3v) is 5.29. The van der Waals surface area contributed by atoms with Gasteiger partial charge in [0.05, 0.1) is 17.7 Å². The number of hydrogen-bond acceptors (Lipinski definition) is 3. The highest BCUT2D eigenvalue weighted by Gasteiger charge is 2.22. The number of phenols is 1. The molecule has 1 N–H and O–H groups in total. The monoisotopic (exact) mass is 442 g/mol. The average Bonchev–Trinajstić information content (AvgIpc) is 2.78. The smallest absolute Gasteiger partial charge is 0.171 e. The second-order valence-electron chi connectivity index (χ2n) is 7.45. The van der Waals surface area contributed by atoms with Gasteiger partial charge in [-0.15, -0.1) is 0 Å². The molecule has 3 nitrogen and oxygen atoms in total. The van der Waals surface area contributed by atoms with Crippen molar-refractivity contribution in [3.8, 4) is 22.6 Å². The summed E-state index contributed by atoms with van der Waals surface area (Å²) in [6, 6.07) is 12.7. The van der Waals surface area contributed by atoms with Crippen LogP contribution in [0, 0.1) is 11.6 Å². The normalized spacial score (nSPS) is 10.9. The van der Waals surface area contributed by atoms with E-state index >= 15 is 0 Å². The lowest BCUT2D eigenvalue weighted by Gasteiger charge is -2.13. The molecule has 3 rings (SSSR count). The molecule has 3 aromatic carbocycles. The molecule has 0 saturated carbocycles. The van der Waals surface area contributed by atoms with E-state index in [2.05, 4.69) is 6.92 Å². The molecule has 168 valence electrons. The zero-order chi connectivity index (χ0) is 23.3. The summed E-state index contributed by atoms with van der Waals surface area (Å²) in [7, 11) is 0. The largest absolute Gasteiger partial charge is 0.507 e. The molecule has 0 saturated heterocycles. The molecule has 0 aliphatic carbocycles. The quantitative estimate of drug-likeness (QED) is 0.381. The van der Waals surface area contributed by atoms with Crippen LogP contribution in [0.2, 0.25) is 0 Å². The molecule has 0 fully saturated rings. The minimum absolute atomic E-state index is 0.102. The third kappa shape index (κ3) is 4.79. The van der Waals surface area contributed by atoms with Gasteiger partial charge in [0.15, 0.2) is 17.4 Å². The topological polar surface area (TPSA) is 46.5 Å². The molecule has 6 heteroatoms. The first-order valence-corrected chi connectivity index (χ1v) is 10.5. The van der Waals surface area contributed by atoms with Crippen molar-refractivity contribution in [3.63, 3.8) is 0 Å². The first-order valence-electron chi connectivity index (χ1n) is 10.5. The van der Waals surface area contributed by atoms with Crippen LogP contribution in [0.25, 0.3) is 11.1 Å². The summed E-state index contributed by atoms with van der Waals surface area (Å²) in [6.07, 6.45) is 1.41. The van der Waals surface area contributed by atoms with Crippen LogP contribution in [-0.4, -0.2) is 17.5 Å². The van der Waals surface area contributed by atoms with Crippen LogP contribution in [-0.2, 0) is 19.5 Å². The molecular weight excluding hydrogens is 417 g/mol. The summed E-state index contributed by atoms with van der Waals surface area (Å²) in [6.45, 7) is 3.00. The Morgan fingerprint density at radius 2 is 1.69 bits per heavy atom. The van der Waals surface area contributed by atoms with Gasteiger partial charge in [-0.3, -0.25) is 4.79 Å². The van der Waals surface area contributed by atoms with Gasteiger partial charge in [0.2, 0.25) is 0 Å². The number of aromatic hydroxyl groups is 1. The number of hydrogen-bond donors (Lipinski definition) is 1. The van der Waals surface area contributed by atoms with E-state index in [9.17, 15) is 23.1 Å². The second-order valence-corrected chi connectivity index (χ2v) is 7.45. The molecule has 0 spiro atoms. The fourth-order valence-corrected chi connectivity index (χ4v) is 3.62. The standard InChI is InChI=1S/C26H25F3O3/c1-3-5-16-6-8-17(9-7-16)19-11-10-18(24(28)25(19)29)14-22(30)20-12-13-23(32-4-2)21(15-27)26(20)31/h6-13,31H,3-5,14-15H2,1-2H3. The Hall–Kier alpha value is -3.28. The fraction of sp³-hybridized carbons (Fsp3) is 0.269. The predicted octanol–water partition coefficient (Wildman–Crippen LogP) is 6.58. The average molecular weight is 442 g/mol. The molecule has 0 heterocycles. The minimum atomic E-state index is -1.12. The van der Waals surface area contributed by atoms with Crippen LogP contribution in [0.15, 0.2) is 48.5 Å². The van der Waals surface area contributed by atoms with E-state index in [1.807, 2.05) is 12.1 Å². The van der Waals surface area contributed by atoms with Crippen molar-refractivity contribution in [3.05, 3.63) is 82.4 Å². The lowest BCUT2D eigenvalue weighted by molar-refractivity contribution is 0.0989. The van der Waals surface area contributed by atoms with Gasteiger partial charge in [-0.1, -0.05) is 49.7 Å². The zero-order valence-corrected chi connectivity index (χ0v) is 18.1. The van der Waals surface area contributed by atoms with Gasteiger partial charge in [-0.05, 0) is 42.2 Å². The minimum Gasteiger partial charge on any atom is -0.507 e. The summed E-state index contributed by atoms with van der Waals surface area (Å²) in [5, 5.41) is 10.3. The molecule has 0 amide bonds. The second kappa shape index (κ2) is 10.4. The molecule has 32 heavy (non-hydrogen) atoms. The molecular formula is C26H25F3O3. The van der Waals surface area contributed by atoms with Crippen LogP contribution < -0.4 is 4.74 Å². The van der Waals surface area contributed by atoms with E-state index in [1.165, 1.54) is 24.3 Å².